The summed E-state index contributed by atoms with van der Waals surface area (Å²) in [6.45, 7) is 14.4. The van der Waals surface area contributed by atoms with Gasteiger partial charge in [-0.2, -0.15) is 0 Å². The maximum atomic E-state index is 15.1. The van der Waals surface area contributed by atoms with Gasteiger partial charge in [0.25, 0.3) is 0 Å². The van der Waals surface area contributed by atoms with E-state index in [-0.39, 0.29) is 29.2 Å². The number of aromatic nitrogens is 2. The molecular weight excluding hydrogens is 563 g/mol. The minimum Gasteiger partial charge on any atom is -0.462 e. The molecule has 3 aliphatic rings. The van der Waals surface area contributed by atoms with E-state index in [0.29, 0.717) is 18.3 Å². The lowest BCUT2D eigenvalue weighted by molar-refractivity contribution is -0.152. The Bertz CT molecular complexity index is 1440. The number of likely N-dealkylation sites (tertiary alicyclic amines) is 1. The zero-order chi connectivity index (χ0) is 31.6. The maximum Gasteiger partial charge on any atom is 0.305 e. The second kappa shape index (κ2) is 13.7. The van der Waals surface area contributed by atoms with Gasteiger partial charge >= 0.3 is 5.97 Å². The number of halogens is 1. The summed E-state index contributed by atoms with van der Waals surface area (Å²) in [4.78, 5) is 22.7. The van der Waals surface area contributed by atoms with Crippen LogP contribution in [-0.2, 0) is 27.9 Å². The van der Waals surface area contributed by atoms with Crippen molar-refractivity contribution in [1.29, 1.82) is 0 Å². The van der Waals surface area contributed by atoms with Crippen LogP contribution in [-0.4, -0.2) is 59.2 Å². The Balaban J connectivity index is 1.26. The molecule has 2 saturated heterocycles. The molecule has 2 aromatic carbocycles. The van der Waals surface area contributed by atoms with Crippen LogP contribution in [0.25, 0.3) is 0 Å². The number of hydrogen-bond donors (Lipinski definition) is 0. The van der Waals surface area contributed by atoms with Crippen molar-refractivity contribution in [3.63, 3.8) is 0 Å². The molecule has 0 amide bonds. The fourth-order valence-corrected chi connectivity index (χ4v) is 8.72. The minimum atomic E-state index is -0.376. The molecule has 0 unspecified atom stereocenters. The van der Waals surface area contributed by atoms with Gasteiger partial charge in [-0.15, -0.1) is 0 Å². The highest BCUT2D eigenvalue weighted by molar-refractivity contribution is 5.69. The van der Waals surface area contributed by atoms with Crippen LogP contribution in [0.3, 0.4) is 0 Å². The number of esters is 1. The van der Waals surface area contributed by atoms with Gasteiger partial charge in [0, 0.05) is 68.2 Å². The molecule has 1 aliphatic carbocycles. The highest BCUT2D eigenvalue weighted by Gasteiger charge is 2.53. The molecular formula is C38H51FN4O2. The Morgan fingerprint density at radius 1 is 1.02 bits per heavy atom. The largest absolute Gasteiger partial charge is 0.462 e. The van der Waals surface area contributed by atoms with Crippen molar-refractivity contribution in [2.75, 3.05) is 37.6 Å². The average molecular weight is 615 g/mol. The van der Waals surface area contributed by atoms with Crippen molar-refractivity contribution in [3.05, 3.63) is 83.2 Å². The van der Waals surface area contributed by atoms with Gasteiger partial charge in [-0.05, 0) is 94.8 Å². The number of carbonyl (C=O) groups excluding carboxylic acids is 1. The van der Waals surface area contributed by atoms with Gasteiger partial charge in [0.1, 0.15) is 17.7 Å². The monoisotopic (exact) mass is 614 g/mol. The van der Waals surface area contributed by atoms with Crippen molar-refractivity contribution in [1.82, 2.24) is 14.5 Å². The first kappa shape index (κ1) is 31.8. The standard InChI is InChI=1S/C38H51FN4O2/c1-5-36-40-28(4)22-43(36)26-38(31-9-7-10-32(39)21-31,34-11-8-12-35(34)45-37(44)6-2)30-17-19-41(20-18-30)23-29-24-42(25-29)33-15-13-27(3)14-16-33/h7,9-10,13-16,21-22,29-30,34-35H,5-6,8,11-12,17-20,23-26H2,1-4H3/t34-,35-,38-/m0/s1. The highest BCUT2D eigenvalue weighted by atomic mass is 19.1. The number of rotatable bonds is 11. The minimum absolute atomic E-state index is 0.119. The van der Waals surface area contributed by atoms with Gasteiger partial charge in [-0.3, -0.25) is 4.79 Å². The molecule has 45 heavy (non-hydrogen) atoms. The van der Waals surface area contributed by atoms with Crippen molar-refractivity contribution in [2.45, 2.75) is 90.7 Å². The molecule has 6 rings (SSSR count). The van der Waals surface area contributed by atoms with Crippen molar-refractivity contribution < 1.29 is 13.9 Å². The summed E-state index contributed by atoms with van der Waals surface area (Å²) in [5.74, 6) is 1.86. The number of carbonyl (C=O) groups is 1. The van der Waals surface area contributed by atoms with Gasteiger partial charge in [-0.25, -0.2) is 9.37 Å². The first-order valence-electron chi connectivity index (χ1n) is 17.3. The first-order chi connectivity index (χ1) is 21.8. The van der Waals surface area contributed by atoms with Gasteiger partial charge in [0.15, 0.2) is 0 Å². The fraction of sp³-hybridized carbons (Fsp3) is 0.579. The fourth-order valence-electron chi connectivity index (χ4n) is 8.72. The molecule has 3 fully saturated rings. The molecule has 2 aliphatic heterocycles. The van der Waals surface area contributed by atoms with E-state index in [1.807, 2.05) is 13.0 Å². The Labute approximate surface area is 269 Å². The third-order valence-electron chi connectivity index (χ3n) is 11.0. The van der Waals surface area contributed by atoms with Crippen LogP contribution >= 0.6 is 0 Å². The molecule has 7 heteroatoms. The first-order valence-corrected chi connectivity index (χ1v) is 17.3. The number of benzene rings is 2. The Morgan fingerprint density at radius 3 is 2.47 bits per heavy atom. The summed E-state index contributed by atoms with van der Waals surface area (Å²) < 4.78 is 23.6. The van der Waals surface area contributed by atoms with Crippen LogP contribution in [0.4, 0.5) is 10.1 Å². The second-order valence-electron chi connectivity index (χ2n) is 13.9. The van der Waals surface area contributed by atoms with Crippen LogP contribution in [0.15, 0.2) is 54.7 Å². The van der Waals surface area contributed by atoms with Crippen LogP contribution in [0.5, 0.6) is 0 Å². The van der Waals surface area contributed by atoms with Gasteiger partial charge in [0.2, 0.25) is 0 Å². The third kappa shape index (κ3) is 6.70. The Morgan fingerprint density at radius 2 is 1.78 bits per heavy atom. The molecule has 6 nitrogen and oxygen atoms in total. The molecule has 3 heterocycles. The molecule has 0 spiro atoms. The lowest BCUT2D eigenvalue weighted by atomic mass is 9.58. The Kier molecular flexibility index (Phi) is 9.65. The number of nitrogens with zero attached hydrogens (tertiary/aromatic N) is 4. The molecule has 0 radical (unpaired) electrons. The SMILES string of the molecule is CCC(=O)O[C@H]1CCC[C@@H]1[C@](Cn1cc(C)nc1CC)(c1cccc(F)c1)C1CCN(CC2CN(c3ccc(C)cc3)C2)CC1. The zero-order valence-electron chi connectivity index (χ0n) is 27.7. The van der Waals surface area contributed by atoms with E-state index in [1.165, 1.54) is 11.3 Å². The van der Waals surface area contributed by atoms with Gasteiger partial charge in [0.05, 0.1) is 5.69 Å². The summed E-state index contributed by atoms with van der Waals surface area (Å²) in [7, 11) is 0. The van der Waals surface area contributed by atoms with Crippen molar-refractivity contribution in [3.8, 4) is 0 Å². The summed E-state index contributed by atoms with van der Waals surface area (Å²) in [5.41, 5.74) is 4.31. The van der Waals surface area contributed by atoms with Crippen LogP contribution < -0.4 is 4.90 Å². The van der Waals surface area contributed by atoms with E-state index < -0.39 is 0 Å². The number of ether oxygens (including phenoxy) is 1. The average Bonchev–Trinajstić information content (AvgIpc) is 3.63. The molecule has 3 aromatic rings. The number of imidazole rings is 1. The number of aryl methyl sites for hydroxylation is 3. The van der Waals surface area contributed by atoms with Crippen molar-refractivity contribution >= 4 is 11.7 Å². The van der Waals surface area contributed by atoms with E-state index >= 15 is 4.39 Å². The quantitative estimate of drug-likeness (QED) is 0.216. The Hall–Kier alpha value is -3.19. The molecule has 0 bridgehead atoms. The van der Waals surface area contributed by atoms with Crippen LogP contribution in [0, 0.1) is 37.4 Å². The summed E-state index contributed by atoms with van der Waals surface area (Å²) >= 11 is 0. The lowest BCUT2D eigenvalue weighted by Gasteiger charge is -2.51. The van der Waals surface area contributed by atoms with E-state index in [0.717, 1.165) is 94.9 Å². The van der Waals surface area contributed by atoms with E-state index in [1.54, 1.807) is 12.1 Å². The van der Waals surface area contributed by atoms with Gasteiger partial charge < -0.3 is 19.1 Å². The molecule has 3 atom stereocenters. The smallest absolute Gasteiger partial charge is 0.305 e. The van der Waals surface area contributed by atoms with E-state index in [4.69, 9.17) is 9.72 Å². The van der Waals surface area contributed by atoms with E-state index in [2.05, 4.69) is 71.7 Å². The van der Waals surface area contributed by atoms with Gasteiger partial charge in [-0.1, -0.05) is 43.7 Å². The second-order valence-corrected chi connectivity index (χ2v) is 13.9. The predicted molar refractivity (Wildman–Crippen MR) is 178 cm³/mol. The van der Waals surface area contributed by atoms with Crippen molar-refractivity contribution in [2.24, 2.45) is 17.8 Å². The molecule has 242 valence electrons. The van der Waals surface area contributed by atoms with Crippen LogP contribution in [0.1, 0.15) is 75.0 Å². The summed E-state index contributed by atoms with van der Waals surface area (Å²) in [6, 6.07) is 16.2. The lowest BCUT2D eigenvalue weighted by Crippen LogP contribution is -2.55. The normalized spacial score (nSPS) is 22.7. The third-order valence-corrected chi connectivity index (χ3v) is 11.0. The van der Waals surface area contributed by atoms with E-state index in [9.17, 15) is 4.79 Å². The number of piperidine rings is 1. The number of hydrogen-bond acceptors (Lipinski definition) is 5. The van der Waals surface area contributed by atoms with Crippen LogP contribution in [0.2, 0.25) is 0 Å². The molecule has 1 saturated carbocycles. The molecule has 0 N–H and O–H groups in total. The molecule has 1 aromatic heterocycles. The highest BCUT2D eigenvalue weighted by Crippen LogP contribution is 2.52. The maximum absolute atomic E-state index is 15.1. The number of anilines is 1. The zero-order valence-corrected chi connectivity index (χ0v) is 27.7. The summed E-state index contributed by atoms with van der Waals surface area (Å²) in [6.07, 6.45) is 8.18. The topological polar surface area (TPSA) is 50.6 Å². The predicted octanol–water partition coefficient (Wildman–Crippen LogP) is 7.11. The summed E-state index contributed by atoms with van der Waals surface area (Å²) in [5, 5.41) is 0.